The molecular formula is C15H16BrP. The van der Waals surface area contributed by atoms with Crippen molar-refractivity contribution in [3.8, 4) is 0 Å². The highest BCUT2D eigenvalue weighted by atomic mass is 79.9. The highest BCUT2D eigenvalue weighted by Gasteiger charge is 1.97. The van der Waals surface area contributed by atoms with Gasteiger partial charge in [-0.3, -0.25) is 0 Å². The summed E-state index contributed by atoms with van der Waals surface area (Å²) >= 11 is 3.46. The summed E-state index contributed by atoms with van der Waals surface area (Å²) in [7, 11) is 2.71. The van der Waals surface area contributed by atoms with Gasteiger partial charge in [0.05, 0.1) is 0 Å². The van der Waals surface area contributed by atoms with Crippen LogP contribution in [0.5, 0.6) is 0 Å². The van der Waals surface area contributed by atoms with Crippen molar-refractivity contribution in [3.63, 3.8) is 0 Å². The van der Waals surface area contributed by atoms with Crippen LogP contribution in [-0.2, 0) is 12.8 Å². The van der Waals surface area contributed by atoms with Crippen LogP contribution >= 0.6 is 25.2 Å². The fourth-order valence-corrected chi connectivity index (χ4v) is 2.45. The molecule has 0 saturated heterocycles. The smallest absolute Gasteiger partial charge is 0.00718 e. The standard InChI is InChI=1S/C15H16BrP/c16-10-9-12-1-3-13(4-2-12)11-14-5-7-15(17)8-6-14/h1-8H,9-11,17H2. The molecule has 0 heterocycles. The summed E-state index contributed by atoms with van der Waals surface area (Å²) in [6, 6.07) is 17.6. The van der Waals surface area contributed by atoms with Gasteiger partial charge in [-0.15, -0.1) is 9.24 Å². The Morgan fingerprint density at radius 2 is 1.24 bits per heavy atom. The van der Waals surface area contributed by atoms with E-state index >= 15 is 0 Å². The Morgan fingerprint density at radius 3 is 1.76 bits per heavy atom. The van der Waals surface area contributed by atoms with E-state index in [1.807, 2.05) is 0 Å². The monoisotopic (exact) mass is 306 g/mol. The maximum Gasteiger partial charge on any atom is 0.00718 e. The van der Waals surface area contributed by atoms with Crippen LogP contribution < -0.4 is 5.30 Å². The van der Waals surface area contributed by atoms with Crippen LogP contribution in [0.15, 0.2) is 48.5 Å². The number of hydrogen-bond donors (Lipinski definition) is 0. The number of hydrogen-bond acceptors (Lipinski definition) is 0. The molecule has 1 atom stereocenters. The molecule has 0 fully saturated rings. The molecule has 0 aliphatic rings. The SMILES string of the molecule is Pc1ccc(Cc2ccc(CCBr)cc2)cc1. The number of halogens is 1. The molecule has 88 valence electrons. The number of benzene rings is 2. The first-order chi connectivity index (χ1) is 8.28. The van der Waals surface area contributed by atoms with E-state index in [0.29, 0.717) is 0 Å². The van der Waals surface area contributed by atoms with E-state index in [-0.39, 0.29) is 0 Å². The van der Waals surface area contributed by atoms with Crippen LogP contribution in [0, 0.1) is 0 Å². The van der Waals surface area contributed by atoms with Gasteiger partial charge in [-0.2, -0.15) is 0 Å². The Bertz CT molecular complexity index is 459. The van der Waals surface area contributed by atoms with Crippen molar-refractivity contribution in [2.24, 2.45) is 0 Å². The Balaban J connectivity index is 2.05. The average Bonchev–Trinajstić information content (AvgIpc) is 2.35. The quantitative estimate of drug-likeness (QED) is 0.596. The van der Waals surface area contributed by atoms with Crippen LogP contribution in [0.3, 0.4) is 0 Å². The Labute approximate surface area is 114 Å². The van der Waals surface area contributed by atoms with Crippen molar-refractivity contribution in [3.05, 3.63) is 65.2 Å². The van der Waals surface area contributed by atoms with Gasteiger partial charge in [-0.05, 0) is 34.8 Å². The van der Waals surface area contributed by atoms with Crippen LogP contribution in [-0.4, -0.2) is 5.33 Å². The average molecular weight is 307 g/mol. The summed E-state index contributed by atoms with van der Waals surface area (Å²) in [5, 5.41) is 2.27. The van der Waals surface area contributed by atoms with Gasteiger partial charge in [0.15, 0.2) is 0 Å². The molecular weight excluding hydrogens is 291 g/mol. The lowest BCUT2D eigenvalue weighted by molar-refractivity contribution is 1.14. The Kier molecular flexibility index (Phi) is 4.76. The zero-order chi connectivity index (χ0) is 12.1. The zero-order valence-corrected chi connectivity index (χ0v) is 12.4. The van der Waals surface area contributed by atoms with Crippen LogP contribution in [0.2, 0.25) is 0 Å². The highest BCUT2D eigenvalue weighted by Crippen LogP contribution is 2.11. The molecule has 2 heteroatoms. The molecule has 1 unspecified atom stereocenters. The summed E-state index contributed by atoms with van der Waals surface area (Å²) in [6.07, 6.45) is 2.11. The van der Waals surface area contributed by atoms with Gasteiger partial charge in [-0.1, -0.05) is 64.5 Å². The van der Waals surface area contributed by atoms with Crippen molar-refractivity contribution < 1.29 is 0 Å². The minimum atomic E-state index is 1.01. The van der Waals surface area contributed by atoms with Gasteiger partial charge in [-0.25, -0.2) is 0 Å². The van der Waals surface area contributed by atoms with Crippen LogP contribution in [0.1, 0.15) is 16.7 Å². The Morgan fingerprint density at radius 1 is 0.765 bits per heavy atom. The first-order valence-electron chi connectivity index (χ1n) is 5.76. The number of alkyl halides is 1. The van der Waals surface area contributed by atoms with Gasteiger partial charge in [0.1, 0.15) is 0 Å². The fraction of sp³-hybridized carbons (Fsp3) is 0.200. The van der Waals surface area contributed by atoms with Crippen molar-refractivity contribution >= 4 is 30.5 Å². The third kappa shape index (κ3) is 3.94. The molecule has 2 aromatic carbocycles. The van der Waals surface area contributed by atoms with Crippen molar-refractivity contribution in [1.82, 2.24) is 0 Å². The molecule has 0 amide bonds. The molecule has 2 aromatic rings. The second kappa shape index (κ2) is 6.33. The van der Waals surface area contributed by atoms with Crippen molar-refractivity contribution in [2.45, 2.75) is 12.8 Å². The molecule has 17 heavy (non-hydrogen) atoms. The van der Waals surface area contributed by atoms with Gasteiger partial charge < -0.3 is 0 Å². The lowest BCUT2D eigenvalue weighted by Crippen LogP contribution is -1.93. The number of rotatable bonds is 4. The molecule has 2 rings (SSSR count). The largest absolute Gasteiger partial charge is 0.106 e. The van der Waals surface area contributed by atoms with E-state index < -0.39 is 0 Å². The van der Waals surface area contributed by atoms with E-state index in [1.165, 1.54) is 22.0 Å². The molecule has 0 N–H and O–H groups in total. The maximum absolute atomic E-state index is 3.46. The van der Waals surface area contributed by atoms with E-state index in [2.05, 4.69) is 73.7 Å². The first kappa shape index (κ1) is 12.8. The first-order valence-corrected chi connectivity index (χ1v) is 7.46. The predicted molar refractivity (Wildman–Crippen MR) is 82.5 cm³/mol. The van der Waals surface area contributed by atoms with E-state index in [9.17, 15) is 0 Å². The summed E-state index contributed by atoms with van der Waals surface area (Å²) in [5.41, 5.74) is 4.13. The van der Waals surface area contributed by atoms with E-state index in [1.54, 1.807) is 0 Å². The van der Waals surface area contributed by atoms with Crippen LogP contribution in [0.4, 0.5) is 0 Å². The van der Waals surface area contributed by atoms with Crippen LogP contribution in [0.25, 0.3) is 0 Å². The van der Waals surface area contributed by atoms with E-state index in [0.717, 1.165) is 18.2 Å². The molecule has 0 aliphatic carbocycles. The molecule has 0 bridgehead atoms. The normalized spacial score (nSPS) is 10.5. The lowest BCUT2D eigenvalue weighted by atomic mass is 10.0. The number of aryl methyl sites for hydroxylation is 1. The predicted octanol–water partition coefficient (Wildman–Crippen LogP) is 3.72. The summed E-state index contributed by atoms with van der Waals surface area (Å²) in [6.45, 7) is 0. The lowest BCUT2D eigenvalue weighted by Gasteiger charge is -2.04. The molecule has 0 saturated carbocycles. The zero-order valence-electron chi connectivity index (χ0n) is 9.70. The maximum atomic E-state index is 3.46. The molecule has 0 spiro atoms. The summed E-state index contributed by atoms with van der Waals surface area (Å²) in [5.74, 6) is 0. The third-order valence-electron chi connectivity index (χ3n) is 2.79. The van der Waals surface area contributed by atoms with Gasteiger partial charge in [0.2, 0.25) is 0 Å². The second-order valence-electron chi connectivity index (χ2n) is 4.17. The van der Waals surface area contributed by atoms with Crippen molar-refractivity contribution in [1.29, 1.82) is 0 Å². The summed E-state index contributed by atoms with van der Waals surface area (Å²) < 4.78 is 0. The minimum Gasteiger partial charge on any atom is -0.106 e. The molecule has 0 radical (unpaired) electrons. The molecule has 0 aliphatic heterocycles. The Hall–Kier alpha value is -0.650. The molecule has 0 nitrogen and oxygen atoms in total. The van der Waals surface area contributed by atoms with Gasteiger partial charge in [0.25, 0.3) is 0 Å². The fourth-order valence-electron chi connectivity index (χ4n) is 1.80. The van der Waals surface area contributed by atoms with Gasteiger partial charge in [0, 0.05) is 5.33 Å². The minimum absolute atomic E-state index is 1.01. The molecule has 0 aromatic heterocycles. The highest BCUT2D eigenvalue weighted by molar-refractivity contribution is 9.09. The topological polar surface area (TPSA) is 0 Å². The summed E-state index contributed by atoms with van der Waals surface area (Å²) in [4.78, 5) is 0. The van der Waals surface area contributed by atoms with E-state index in [4.69, 9.17) is 0 Å². The second-order valence-corrected chi connectivity index (χ2v) is 5.63. The van der Waals surface area contributed by atoms with Gasteiger partial charge >= 0.3 is 0 Å². The van der Waals surface area contributed by atoms with Crippen molar-refractivity contribution in [2.75, 3.05) is 5.33 Å². The third-order valence-corrected chi connectivity index (χ3v) is 3.58.